The maximum Gasteiger partial charge on any atom is 0.224 e. The summed E-state index contributed by atoms with van der Waals surface area (Å²) in [5.74, 6) is 0.529. The molecule has 1 aromatic rings. The first-order chi connectivity index (χ1) is 8.22. The average Bonchev–Trinajstić information content (AvgIpc) is 2.30. The summed E-state index contributed by atoms with van der Waals surface area (Å²) in [5, 5.41) is 2.61. The van der Waals surface area contributed by atoms with E-state index in [4.69, 9.17) is 4.74 Å². The second-order valence-electron chi connectivity index (χ2n) is 3.98. The zero-order valence-corrected chi connectivity index (χ0v) is 10.4. The molecule has 0 aliphatic heterocycles. The number of carbonyl (C=O) groups is 1. The van der Waals surface area contributed by atoms with Crippen molar-refractivity contribution in [3.8, 4) is 5.75 Å². The number of unbranched alkanes of at least 4 members (excludes halogenated alkanes) is 3. The van der Waals surface area contributed by atoms with Gasteiger partial charge in [-0.05, 0) is 30.7 Å². The molecule has 1 N–H and O–H groups in total. The predicted molar refractivity (Wildman–Crippen MR) is 70.1 cm³/mol. The topological polar surface area (TPSA) is 38.3 Å². The number of anilines is 1. The molecule has 0 aliphatic carbocycles. The van der Waals surface area contributed by atoms with Gasteiger partial charge in [0.1, 0.15) is 5.75 Å². The van der Waals surface area contributed by atoms with Crippen LogP contribution in [0.5, 0.6) is 5.75 Å². The smallest absolute Gasteiger partial charge is 0.224 e. The molecule has 0 saturated heterocycles. The van der Waals surface area contributed by atoms with Crippen LogP contribution in [-0.2, 0) is 4.79 Å². The van der Waals surface area contributed by atoms with Crippen LogP contribution in [0.2, 0.25) is 0 Å². The lowest BCUT2D eigenvalue weighted by atomic mass is 10.2. The van der Waals surface area contributed by atoms with Crippen molar-refractivity contribution in [1.82, 2.24) is 0 Å². The van der Waals surface area contributed by atoms with E-state index in [-0.39, 0.29) is 5.91 Å². The Bertz CT molecular complexity index is 333. The number of benzene rings is 1. The highest BCUT2D eigenvalue weighted by molar-refractivity contribution is 5.93. The molecule has 93 valence electrons. The zero-order valence-electron chi connectivity index (χ0n) is 10.4. The summed E-state index contributed by atoms with van der Waals surface area (Å²) in [7, 11) is 0. The minimum atomic E-state index is -0.307. The molecule has 3 heteroatoms. The van der Waals surface area contributed by atoms with Crippen LogP contribution in [0.4, 0.5) is 5.69 Å². The Morgan fingerprint density at radius 3 is 2.53 bits per heavy atom. The van der Waals surface area contributed by atoms with Crippen molar-refractivity contribution in [2.24, 2.45) is 0 Å². The summed E-state index contributed by atoms with van der Waals surface area (Å²) in [6.07, 6.45) is 4.80. The third-order valence-electron chi connectivity index (χ3n) is 2.40. The molecule has 1 aromatic carbocycles. The van der Waals surface area contributed by atoms with Crippen LogP contribution in [0.25, 0.3) is 0 Å². The standard InChI is InChI=1S/C14H20NO2/c1-3-4-5-6-11-17-14-9-7-13(8-10-14)15-12(2)16/h7-10H,2-6,11H2,1H3,(H,15,16). The van der Waals surface area contributed by atoms with Crippen molar-refractivity contribution in [3.63, 3.8) is 0 Å². The van der Waals surface area contributed by atoms with E-state index in [0.717, 1.165) is 24.5 Å². The molecule has 0 aromatic heterocycles. The maximum atomic E-state index is 10.7. The maximum absolute atomic E-state index is 10.7. The van der Waals surface area contributed by atoms with E-state index in [1.807, 2.05) is 24.3 Å². The van der Waals surface area contributed by atoms with Gasteiger partial charge >= 0.3 is 0 Å². The molecule has 17 heavy (non-hydrogen) atoms. The van der Waals surface area contributed by atoms with Crippen molar-refractivity contribution in [3.05, 3.63) is 31.2 Å². The Morgan fingerprint density at radius 2 is 1.94 bits per heavy atom. The summed E-state index contributed by atoms with van der Waals surface area (Å²) in [6, 6.07) is 7.32. The number of carbonyl (C=O) groups excluding carboxylic acids is 1. The molecule has 1 amide bonds. The molecule has 0 aliphatic rings. The fourth-order valence-corrected chi connectivity index (χ4v) is 1.51. The SMILES string of the molecule is [CH2]C(=O)Nc1ccc(OCCCCCC)cc1. The van der Waals surface area contributed by atoms with Crippen molar-refractivity contribution in [2.75, 3.05) is 11.9 Å². The summed E-state index contributed by atoms with van der Waals surface area (Å²) in [5.41, 5.74) is 0.739. The van der Waals surface area contributed by atoms with Gasteiger partial charge in [0.15, 0.2) is 0 Å². The Labute approximate surface area is 103 Å². The van der Waals surface area contributed by atoms with Gasteiger partial charge in [-0.3, -0.25) is 4.79 Å². The predicted octanol–water partition coefficient (Wildman–Crippen LogP) is 3.42. The van der Waals surface area contributed by atoms with Gasteiger partial charge in [-0.25, -0.2) is 0 Å². The van der Waals surface area contributed by atoms with Gasteiger partial charge < -0.3 is 10.1 Å². The quantitative estimate of drug-likeness (QED) is 0.734. The van der Waals surface area contributed by atoms with E-state index in [9.17, 15) is 4.79 Å². The fraction of sp³-hybridized carbons (Fsp3) is 0.429. The van der Waals surface area contributed by atoms with E-state index in [0.29, 0.717) is 0 Å². The highest BCUT2D eigenvalue weighted by atomic mass is 16.5. The van der Waals surface area contributed by atoms with E-state index in [2.05, 4.69) is 19.2 Å². The van der Waals surface area contributed by atoms with E-state index >= 15 is 0 Å². The second kappa shape index (κ2) is 7.71. The highest BCUT2D eigenvalue weighted by Crippen LogP contribution is 2.16. The molecule has 0 atom stereocenters. The van der Waals surface area contributed by atoms with Crippen LogP contribution in [0.1, 0.15) is 32.6 Å². The lowest BCUT2D eigenvalue weighted by molar-refractivity contribution is -0.112. The molecule has 0 heterocycles. The summed E-state index contributed by atoms with van der Waals surface area (Å²) in [4.78, 5) is 10.7. The molecular formula is C14H20NO2. The number of amides is 1. The van der Waals surface area contributed by atoms with Crippen molar-refractivity contribution in [2.45, 2.75) is 32.6 Å². The van der Waals surface area contributed by atoms with Gasteiger partial charge in [-0.1, -0.05) is 26.2 Å². The van der Waals surface area contributed by atoms with Crippen LogP contribution in [-0.4, -0.2) is 12.5 Å². The first-order valence-electron chi connectivity index (χ1n) is 6.08. The summed E-state index contributed by atoms with van der Waals surface area (Å²) < 4.78 is 5.58. The molecule has 0 unspecified atom stereocenters. The number of ether oxygens (including phenoxy) is 1. The van der Waals surface area contributed by atoms with Gasteiger partial charge in [0, 0.05) is 12.6 Å². The van der Waals surface area contributed by atoms with Crippen LogP contribution >= 0.6 is 0 Å². The molecule has 1 rings (SSSR count). The van der Waals surface area contributed by atoms with Crippen LogP contribution in [0.15, 0.2) is 24.3 Å². The monoisotopic (exact) mass is 234 g/mol. The van der Waals surface area contributed by atoms with Gasteiger partial charge in [0.25, 0.3) is 0 Å². The third kappa shape index (κ3) is 5.95. The minimum absolute atomic E-state index is 0.307. The fourth-order valence-electron chi connectivity index (χ4n) is 1.51. The second-order valence-corrected chi connectivity index (χ2v) is 3.98. The van der Waals surface area contributed by atoms with E-state index in [1.165, 1.54) is 19.3 Å². The Morgan fingerprint density at radius 1 is 1.24 bits per heavy atom. The van der Waals surface area contributed by atoms with Gasteiger partial charge in [-0.15, -0.1) is 0 Å². The molecular weight excluding hydrogens is 214 g/mol. The Kier molecular flexibility index (Phi) is 6.15. The first-order valence-corrected chi connectivity index (χ1v) is 6.08. The lowest BCUT2D eigenvalue weighted by Crippen LogP contribution is -2.05. The lowest BCUT2D eigenvalue weighted by Gasteiger charge is -2.07. The first kappa shape index (κ1) is 13.6. The highest BCUT2D eigenvalue weighted by Gasteiger charge is 1.97. The van der Waals surface area contributed by atoms with E-state index in [1.54, 1.807) is 0 Å². The third-order valence-corrected chi connectivity index (χ3v) is 2.40. The number of hydrogen-bond donors (Lipinski definition) is 1. The van der Waals surface area contributed by atoms with Crippen LogP contribution < -0.4 is 10.1 Å². The molecule has 1 radical (unpaired) electrons. The Balaban J connectivity index is 2.28. The van der Waals surface area contributed by atoms with Crippen molar-refractivity contribution in [1.29, 1.82) is 0 Å². The molecule has 0 fully saturated rings. The molecule has 0 saturated carbocycles. The zero-order chi connectivity index (χ0) is 12.5. The summed E-state index contributed by atoms with van der Waals surface area (Å²) in [6.45, 7) is 6.20. The minimum Gasteiger partial charge on any atom is -0.494 e. The molecule has 3 nitrogen and oxygen atoms in total. The van der Waals surface area contributed by atoms with Gasteiger partial charge in [-0.2, -0.15) is 0 Å². The summed E-state index contributed by atoms with van der Waals surface area (Å²) >= 11 is 0. The average molecular weight is 234 g/mol. The van der Waals surface area contributed by atoms with E-state index < -0.39 is 0 Å². The van der Waals surface area contributed by atoms with Crippen LogP contribution in [0, 0.1) is 6.92 Å². The van der Waals surface area contributed by atoms with Crippen molar-refractivity contribution < 1.29 is 9.53 Å². The number of rotatable bonds is 7. The largest absolute Gasteiger partial charge is 0.494 e. The number of nitrogens with one attached hydrogen (secondary N) is 1. The number of hydrogen-bond acceptors (Lipinski definition) is 2. The normalized spacial score (nSPS) is 10.0. The van der Waals surface area contributed by atoms with Gasteiger partial charge in [0.2, 0.25) is 5.91 Å². The van der Waals surface area contributed by atoms with Crippen molar-refractivity contribution >= 4 is 11.6 Å². The van der Waals surface area contributed by atoms with Gasteiger partial charge in [0.05, 0.1) is 6.61 Å². The van der Waals surface area contributed by atoms with Crippen LogP contribution in [0.3, 0.4) is 0 Å². The molecule has 0 bridgehead atoms. The molecule has 0 spiro atoms. The Hall–Kier alpha value is -1.51.